The first-order chi connectivity index (χ1) is 9.72. The van der Waals surface area contributed by atoms with Gasteiger partial charge in [0.05, 0.1) is 12.1 Å². The monoisotopic (exact) mass is 296 g/mol. The third-order valence-corrected chi connectivity index (χ3v) is 4.12. The van der Waals surface area contributed by atoms with Crippen LogP contribution >= 0.6 is 11.3 Å². The molecule has 1 aromatic rings. The molecule has 1 amide bonds. The van der Waals surface area contributed by atoms with Crippen LogP contribution in [0, 0.1) is 0 Å². The van der Waals surface area contributed by atoms with Crippen LogP contribution in [0.1, 0.15) is 49.5 Å². The third kappa shape index (κ3) is 3.79. The molecule has 0 atom stereocenters. The molecule has 0 aromatic carbocycles. The number of esters is 1. The number of rotatable bonds is 5. The van der Waals surface area contributed by atoms with Crippen LogP contribution < -0.4 is 0 Å². The molecule has 2 rings (SSSR count). The smallest absolute Gasteiger partial charge is 0.325 e. The summed E-state index contributed by atoms with van der Waals surface area (Å²) in [5, 5.41) is 1.73. The van der Waals surface area contributed by atoms with E-state index >= 15 is 0 Å². The van der Waals surface area contributed by atoms with Crippen LogP contribution in [0.25, 0.3) is 0 Å². The lowest BCUT2D eigenvalue weighted by atomic mass is 9.94. The number of carbonyl (C=O) groups excluding carboxylic acids is 2. The summed E-state index contributed by atoms with van der Waals surface area (Å²) in [5.74, 6) is -0.507. The number of amides is 1. The predicted molar refractivity (Wildman–Crippen MR) is 76.7 cm³/mol. The van der Waals surface area contributed by atoms with Gasteiger partial charge < -0.3 is 9.64 Å². The largest absolute Gasteiger partial charge is 0.465 e. The van der Waals surface area contributed by atoms with E-state index in [-0.39, 0.29) is 24.5 Å². The molecule has 20 heavy (non-hydrogen) atoms. The van der Waals surface area contributed by atoms with Gasteiger partial charge in [-0.25, -0.2) is 4.98 Å². The summed E-state index contributed by atoms with van der Waals surface area (Å²) in [6, 6.07) is 0.127. The fraction of sp³-hybridized carbons (Fsp3) is 0.643. The van der Waals surface area contributed by atoms with Crippen molar-refractivity contribution < 1.29 is 14.3 Å². The molecule has 1 aliphatic rings. The van der Waals surface area contributed by atoms with Gasteiger partial charge in [-0.1, -0.05) is 19.3 Å². The van der Waals surface area contributed by atoms with E-state index in [0.717, 1.165) is 25.7 Å². The van der Waals surface area contributed by atoms with Crippen molar-refractivity contribution in [2.45, 2.75) is 45.1 Å². The molecule has 0 bridgehead atoms. The second kappa shape index (κ2) is 7.38. The maximum absolute atomic E-state index is 12.5. The van der Waals surface area contributed by atoms with E-state index < -0.39 is 0 Å². The first kappa shape index (κ1) is 15.0. The molecule has 1 aliphatic carbocycles. The molecule has 0 aliphatic heterocycles. The van der Waals surface area contributed by atoms with Crippen molar-refractivity contribution in [1.29, 1.82) is 0 Å². The highest BCUT2D eigenvalue weighted by atomic mass is 32.1. The molecule has 0 unspecified atom stereocenters. The summed E-state index contributed by atoms with van der Waals surface area (Å²) in [6.45, 7) is 2.13. The Morgan fingerprint density at radius 3 is 2.75 bits per heavy atom. The number of hydrogen-bond acceptors (Lipinski definition) is 5. The van der Waals surface area contributed by atoms with Crippen molar-refractivity contribution in [3.8, 4) is 0 Å². The Bertz CT molecular complexity index is 441. The van der Waals surface area contributed by atoms with Gasteiger partial charge in [-0.15, -0.1) is 11.3 Å². The Morgan fingerprint density at radius 1 is 1.40 bits per heavy atom. The van der Waals surface area contributed by atoms with Crippen LogP contribution in [0.15, 0.2) is 10.9 Å². The summed E-state index contributed by atoms with van der Waals surface area (Å²) in [6.07, 6.45) is 5.32. The van der Waals surface area contributed by atoms with Crippen molar-refractivity contribution in [2.75, 3.05) is 13.2 Å². The van der Waals surface area contributed by atoms with Gasteiger partial charge in [-0.3, -0.25) is 9.59 Å². The highest BCUT2D eigenvalue weighted by Crippen LogP contribution is 2.24. The third-order valence-electron chi connectivity index (χ3n) is 3.53. The zero-order valence-corrected chi connectivity index (χ0v) is 12.5. The summed E-state index contributed by atoms with van der Waals surface area (Å²) < 4.78 is 4.98. The fourth-order valence-corrected chi connectivity index (χ4v) is 3.10. The SMILES string of the molecule is CCOC(=O)CN(C(=O)c1cscn1)C1CCCCC1. The van der Waals surface area contributed by atoms with Crippen molar-refractivity contribution in [1.82, 2.24) is 9.88 Å². The van der Waals surface area contributed by atoms with Crippen LogP contribution in [0.3, 0.4) is 0 Å². The standard InChI is InChI=1S/C14H20N2O3S/c1-2-19-13(17)8-16(11-6-4-3-5-7-11)14(18)12-9-20-10-15-12/h9-11H,2-8H2,1H3. The van der Waals surface area contributed by atoms with Crippen LogP contribution in [0.4, 0.5) is 0 Å². The van der Waals surface area contributed by atoms with Crippen molar-refractivity contribution in [3.63, 3.8) is 0 Å². The minimum absolute atomic E-state index is 0.0227. The molecule has 6 heteroatoms. The van der Waals surface area contributed by atoms with Gasteiger partial charge in [0.2, 0.25) is 0 Å². The lowest BCUT2D eigenvalue weighted by molar-refractivity contribution is -0.144. The average Bonchev–Trinajstić information content (AvgIpc) is 2.99. The van der Waals surface area contributed by atoms with E-state index in [2.05, 4.69) is 4.98 Å². The normalized spacial score (nSPS) is 15.8. The number of hydrogen-bond donors (Lipinski definition) is 0. The second-order valence-corrected chi connectivity index (χ2v) is 5.62. The molecule has 0 N–H and O–H groups in total. The van der Waals surface area contributed by atoms with Gasteiger partial charge in [0, 0.05) is 11.4 Å². The van der Waals surface area contributed by atoms with E-state index in [1.165, 1.54) is 17.8 Å². The first-order valence-corrected chi connectivity index (χ1v) is 8.01. The molecule has 1 heterocycles. The molecule has 5 nitrogen and oxygen atoms in total. The molecule has 110 valence electrons. The average molecular weight is 296 g/mol. The first-order valence-electron chi connectivity index (χ1n) is 7.07. The fourth-order valence-electron chi connectivity index (χ4n) is 2.57. The highest BCUT2D eigenvalue weighted by Gasteiger charge is 2.29. The van der Waals surface area contributed by atoms with Gasteiger partial charge in [0.1, 0.15) is 12.2 Å². The molecule has 0 spiro atoms. The number of thiazole rings is 1. The second-order valence-electron chi connectivity index (χ2n) is 4.90. The Kier molecular flexibility index (Phi) is 5.52. The molecule has 1 saturated carbocycles. The van der Waals surface area contributed by atoms with Gasteiger partial charge in [-0.2, -0.15) is 0 Å². The molecular formula is C14H20N2O3S. The maximum Gasteiger partial charge on any atom is 0.325 e. The summed E-state index contributed by atoms with van der Waals surface area (Å²) in [7, 11) is 0. The maximum atomic E-state index is 12.5. The molecule has 0 saturated heterocycles. The lowest BCUT2D eigenvalue weighted by Gasteiger charge is -2.33. The van der Waals surface area contributed by atoms with E-state index in [9.17, 15) is 9.59 Å². The minimum atomic E-state index is -0.346. The Morgan fingerprint density at radius 2 is 2.15 bits per heavy atom. The van der Waals surface area contributed by atoms with Crippen molar-refractivity contribution in [3.05, 3.63) is 16.6 Å². The Balaban J connectivity index is 2.10. The van der Waals surface area contributed by atoms with E-state index in [1.54, 1.807) is 22.7 Å². The van der Waals surface area contributed by atoms with Gasteiger partial charge in [0.15, 0.2) is 0 Å². The Hall–Kier alpha value is -1.43. The van der Waals surface area contributed by atoms with Gasteiger partial charge in [-0.05, 0) is 19.8 Å². The zero-order chi connectivity index (χ0) is 14.4. The molecule has 1 fully saturated rings. The van der Waals surface area contributed by atoms with Crippen LogP contribution in [0.2, 0.25) is 0 Å². The van der Waals surface area contributed by atoms with Gasteiger partial charge >= 0.3 is 5.97 Å². The van der Waals surface area contributed by atoms with E-state index in [1.807, 2.05) is 0 Å². The molecule has 1 aromatic heterocycles. The van der Waals surface area contributed by atoms with Crippen LogP contribution in [0.5, 0.6) is 0 Å². The lowest BCUT2D eigenvalue weighted by Crippen LogP contribution is -2.45. The van der Waals surface area contributed by atoms with Crippen molar-refractivity contribution in [2.24, 2.45) is 0 Å². The highest BCUT2D eigenvalue weighted by molar-refractivity contribution is 7.07. The number of aromatic nitrogens is 1. The summed E-state index contributed by atoms with van der Waals surface area (Å²) >= 11 is 1.39. The van der Waals surface area contributed by atoms with E-state index in [0.29, 0.717) is 12.3 Å². The number of ether oxygens (including phenoxy) is 1. The zero-order valence-electron chi connectivity index (χ0n) is 11.7. The summed E-state index contributed by atoms with van der Waals surface area (Å²) in [4.78, 5) is 29.9. The van der Waals surface area contributed by atoms with Crippen molar-refractivity contribution >= 4 is 23.2 Å². The van der Waals surface area contributed by atoms with Gasteiger partial charge in [0.25, 0.3) is 5.91 Å². The number of nitrogens with zero attached hydrogens (tertiary/aromatic N) is 2. The quantitative estimate of drug-likeness (QED) is 0.783. The topological polar surface area (TPSA) is 59.5 Å². The molecular weight excluding hydrogens is 276 g/mol. The van der Waals surface area contributed by atoms with E-state index in [4.69, 9.17) is 4.74 Å². The van der Waals surface area contributed by atoms with Crippen LogP contribution in [-0.2, 0) is 9.53 Å². The molecule has 0 radical (unpaired) electrons. The Labute approximate surface area is 122 Å². The minimum Gasteiger partial charge on any atom is -0.465 e. The number of carbonyl (C=O) groups is 2. The predicted octanol–water partition coefficient (Wildman–Crippen LogP) is 2.48. The van der Waals surface area contributed by atoms with Crippen LogP contribution in [-0.4, -0.2) is 41.0 Å². The summed E-state index contributed by atoms with van der Waals surface area (Å²) in [5.41, 5.74) is 2.06.